The fourth-order valence-electron chi connectivity index (χ4n) is 2.50. The molecule has 5 heteroatoms. The molecule has 1 saturated heterocycles. The summed E-state index contributed by atoms with van der Waals surface area (Å²) >= 11 is 11.8. The zero-order valence-corrected chi connectivity index (χ0v) is 14.1. The zero-order valence-electron chi connectivity index (χ0n) is 12.6. The second-order valence-corrected chi connectivity index (χ2v) is 6.70. The summed E-state index contributed by atoms with van der Waals surface area (Å²) in [7, 11) is 2.11. The summed E-state index contributed by atoms with van der Waals surface area (Å²) in [6.07, 6.45) is 0. The molecule has 3 nitrogen and oxygen atoms in total. The Morgan fingerprint density at radius 2 is 2.00 bits per heavy atom. The van der Waals surface area contributed by atoms with E-state index in [1.807, 2.05) is 18.2 Å². The van der Waals surface area contributed by atoms with E-state index in [1.165, 1.54) is 5.56 Å². The maximum atomic E-state index is 6.14. The van der Waals surface area contributed by atoms with Gasteiger partial charge >= 0.3 is 0 Å². The van der Waals surface area contributed by atoms with Crippen molar-refractivity contribution in [2.24, 2.45) is 5.92 Å². The van der Waals surface area contributed by atoms with Crippen LogP contribution in [0, 0.1) is 12.8 Å². The number of thiocarbonyl (C=S) groups is 1. The molecule has 0 saturated carbocycles. The van der Waals surface area contributed by atoms with Crippen molar-refractivity contribution in [2.75, 3.05) is 31.8 Å². The van der Waals surface area contributed by atoms with Gasteiger partial charge in [0.2, 0.25) is 0 Å². The van der Waals surface area contributed by atoms with Crippen LogP contribution in [0.2, 0.25) is 5.02 Å². The lowest BCUT2D eigenvalue weighted by Gasteiger charge is -2.44. The molecule has 0 N–H and O–H groups in total. The van der Waals surface area contributed by atoms with Gasteiger partial charge in [-0.1, -0.05) is 31.5 Å². The van der Waals surface area contributed by atoms with E-state index in [0.717, 1.165) is 35.7 Å². The molecular formula is C15H22ClN3S. The summed E-state index contributed by atoms with van der Waals surface area (Å²) in [5.74, 6) is 0.585. The highest BCUT2D eigenvalue weighted by Gasteiger charge is 2.27. The van der Waals surface area contributed by atoms with Gasteiger partial charge in [-0.25, -0.2) is 0 Å². The van der Waals surface area contributed by atoms with E-state index in [9.17, 15) is 0 Å². The normalized spacial score (nSPS) is 17.2. The first-order chi connectivity index (χ1) is 9.38. The van der Waals surface area contributed by atoms with Crippen LogP contribution < -0.4 is 4.90 Å². The van der Waals surface area contributed by atoms with E-state index in [2.05, 4.69) is 42.5 Å². The number of rotatable bonds is 3. The molecule has 0 atom stereocenters. The molecular weight excluding hydrogens is 290 g/mol. The highest BCUT2D eigenvalue weighted by atomic mass is 35.5. The molecule has 0 spiro atoms. The van der Waals surface area contributed by atoms with Gasteiger partial charge in [0.25, 0.3) is 0 Å². The topological polar surface area (TPSA) is 9.72 Å². The molecule has 0 unspecified atom stereocenters. The summed E-state index contributed by atoms with van der Waals surface area (Å²) < 4.78 is 0. The Hall–Kier alpha value is -0.840. The molecule has 20 heavy (non-hydrogen) atoms. The number of nitrogens with zero attached hydrogens (tertiary/aromatic N) is 3. The van der Waals surface area contributed by atoms with Crippen molar-refractivity contribution in [3.63, 3.8) is 0 Å². The van der Waals surface area contributed by atoms with Gasteiger partial charge in [-0.3, -0.25) is 4.90 Å². The zero-order chi connectivity index (χ0) is 14.9. The Balaban J connectivity index is 2.30. The fourth-order valence-corrected chi connectivity index (χ4v) is 2.95. The van der Waals surface area contributed by atoms with E-state index in [4.69, 9.17) is 23.8 Å². The number of benzene rings is 1. The standard InChI is InChI=1S/C15H22ClN3S/c1-11(2)8-18-9-17(4)10-19(15(18)20)14-7-13(16)6-5-12(14)3/h5-7,11H,8-10H2,1-4H3. The van der Waals surface area contributed by atoms with Crippen LogP contribution in [0.4, 0.5) is 5.69 Å². The van der Waals surface area contributed by atoms with Gasteiger partial charge in [-0.2, -0.15) is 0 Å². The SMILES string of the molecule is Cc1ccc(Cl)cc1N1CN(C)CN(CC(C)C)C1=S. The second kappa shape index (κ2) is 6.29. The van der Waals surface area contributed by atoms with Crippen LogP contribution in [0.15, 0.2) is 18.2 Å². The fraction of sp³-hybridized carbons (Fsp3) is 0.533. The van der Waals surface area contributed by atoms with Crippen LogP contribution in [-0.4, -0.2) is 41.8 Å². The average molecular weight is 312 g/mol. The van der Waals surface area contributed by atoms with Crippen molar-refractivity contribution in [3.05, 3.63) is 28.8 Å². The van der Waals surface area contributed by atoms with E-state index < -0.39 is 0 Å². The highest BCUT2D eigenvalue weighted by molar-refractivity contribution is 7.80. The second-order valence-electron chi connectivity index (χ2n) is 5.90. The van der Waals surface area contributed by atoms with Gasteiger partial charge in [0.15, 0.2) is 5.11 Å². The van der Waals surface area contributed by atoms with Crippen molar-refractivity contribution in [3.8, 4) is 0 Å². The molecule has 0 aromatic heterocycles. The lowest BCUT2D eigenvalue weighted by molar-refractivity contribution is 0.188. The highest BCUT2D eigenvalue weighted by Crippen LogP contribution is 2.27. The maximum absolute atomic E-state index is 6.14. The molecule has 0 amide bonds. The monoisotopic (exact) mass is 311 g/mol. The molecule has 2 rings (SSSR count). The quantitative estimate of drug-likeness (QED) is 0.789. The molecule has 0 radical (unpaired) electrons. The Kier molecular flexibility index (Phi) is 4.89. The molecule has 1 fully saturated rings. The summed E-state index contributed by atoms with van der Waals surface area (Å²) in [4.78, 5) is 6.69. The van der Waals surface area contributed by atoms with Crippen molar-refractivity contribution in [1.29, 1.82) is 0 Å². The summed E-state index contributed by atoms with van der Waals surface area (Å²) in [6.45, 7) is 9.18. The predicted molar refractivity (Wildman–Crippen MR) is 90.3 cm³/mol. The Morgan fingerprint density at radius 3 is 2.65 bits per heavy atom. The first-order valence-corrected chi connectivity index (χ1v) is 7.68. The van der Waals surface area contributed by atoms with Gasteiger partial charge in [-0.15, -0.1) is 0 Å². The molecule has 110 valence electrons. The predicted octanol–water partition coefficient (Wildman–Crippen LogP) is 3.56. The molecule has 1 aromatic carbocycles. The third-order valence-corrected chi connectivity index (χ3v) is 4.06. The molecule has 1 aromatic rings. The van der Waals surface area contributed by atoms with Crippen molar-refractivity contribution < 1.29 is 0 Å². The molecule has 0 aliphatic carbocycles. The molecule has 1 aliphatic rings. The van der Waals surface area contributed by atoms with Crippen molar-refractivity contribution in [2.45, 2.75) is 20.8 Å². The summed E-state index contributed by atoms with van der Waals surface area (Å²) in [5.41, 5.74) is 2.29. The number of hydrogen-bond acceptors (Lipinski definition) is 2. The average Bonchev–Trinajstić information content (AvgIpc) is 2.36. The smallest absolute Gasteiger partial charge is 0.178 e. The lowest BCUT2D eigenvalue weighted by atomic mass is 10.1. The largest absolute Gasteiger partial charge is 0.336 e. The first kappa shape index (κ1) is 15.5. The summed E-state index contributed by atoms with van der Waals surface area (Å²) in [5, 5.41) is 1.64. The third-order valence-electron chi connectivity index (χ3n) is 3.34. The van der Waals surface area contributed by atoms with Gasteiger partial charge in [-0.05, 0) is 49.8 Å². The minimum absolute atomic E-state index is 0.585. The van der Waals surface area contributed by atoms with E-state index in [0.29, 0.717) is 5.92 Å². The van der Waals surface area contributed by atoms with Gasteiger partial charge in [0, 0.05) is 17.3 Å². The van der Waals surface area contributed by atoms with E-state index in [-0.39, 0.29) is 0 Å². The van der Waals surface area contributed by atoms with Crippen LogP contribution in [0.25, 0.3) is 0 Å². The van der Waals surface area contributed by atoms with Crippen LogP contribution in [0.3, 0.4) is 0 Å². The minimum atomic E-state index is 0.585. The van der Waals surface area contributed by atoms with Crippen LogP contribution in [0.5, 0.6) is 0 Å². The Morgan fingerprint density at radius 1 is 1.30 bits per heavy atom. The summed E-state index contributed by atoms with van der Waals surface area (Å²) in [6, 6.07) is 5.96. The minimum Gasteiger partial charge on any atom is -0.336 e. The number of hydrogen-bond donors (Lipinski definition) is 0. The van der Waals surface area contributed by atoms with Crippen molar-refractivity contribution in [1.82, 2.24) is 9.80 Å². The van der Waals surface area contributed by atoms with E-state index >= 15 is 0 Å². The first-order valence-electron chi connectivity index (χ1n) is 6.89. The molecule has 1 heterocycles. The number of anilines is 1. The van der Waals surface area contributed by atoms with Crippen LogP contribution in [-0.2, 0) is 0 Å². The van der Waals surface area contributed by atoms with Gasteiger partial charge in [0.05, 0.1) is 13.3 Å². The Bertz CT molecular complexity index is 502. The van der Waals surface area contributed by atoms with Crippen LogP contribution >= 0.6 is 23.8 Å². The van der Waals surface area contributed by atoms with E-state index in [1.54, 1.807) is 0 Å². The van der Waals surface area contributed by atoms with Crippen molar-refractivity contribution >= 4 is 34.6 Å². The third kappa shape index (κ3) is 3.43. The molecule has 0 bridgehead atoms. The molecule has 1 aliphatic heterocycles. The Labute approximate surface area is 132 Å². The van der Waals surface area contributed by atoms with Crippen LogP contribution in [0.1, 0.15) is 19.4 Å². The number of aryl methyl sites for hydroxylation is 1. The number of halogens is 1. The maximum Gasteiger partial charge on any atom is 0.178 e. The van der Waals surface area contributed by atoms with Gasteiger partial charge in [0.1, 0.15) is 0 Å². The van der Waals surface area contributed by atoms with Gasteiger partial charge < -0.3 is 9.80 Å². The lowest BCUT2D eigenvalue weighted by Crippen LogP contribution is -2.57.